The van der Waals surface area contributed by atoms with Crippen LogP contribution in [0.1, 0.15) is 72.0 Å². The van der Waals surface area contributed by atoms with Crippen molar-refractivity contribution < 1.29 is 57.8 Å². The molecule has 1 aromatic heterocycles. The molecule has 43 heavy (non-hydrogen) atoms. The Hall–Kier alpha value is -2.35. The van der Waals surface area contributed by atoms with Crippen molar-refractivity contribution in [2.24, 2.45) is 34.0 Å². The largest absolute Gasteiger partial charge is 0.472 e. The minimum atomic E-state index is -2.31. The van der Waals surface area contributed by atoms with Gasteiger partial charge >= 0.3 is 11.9 Å². The van der Waals surface area contributed by atoms with Gasteiger partial charge in [0.1, 0.15) is 46.3 Å². The molecule has 0 radical (unpaired) electrons. The molecule has 7 fully saturated rings. The normalized spacial score (nSPS) is 58.6. The second kappa shape index (κ2) is 7.54. The first-order valence-corrected chi connectivity index (χ1v) is 15.0. The van der Waals surface area contributed by atoms with Crippen LogP contribution in [0.2, 0.25) is 0 Å². The number of ketones is 1. The summed E-state index contributed by atoms with van der Waals surface area (Å²) in [6.45, 7) is 8.41. The van der Waals surface area contributed by atoms with Crippen molar-refractivity contribution >= 4 is 17.7 Å². The van der Waals surface area contributed by atoms with Crippen LogP contribution in [-0.4, -0.2) is 80.7 Å². The lowest BCUT2D eigenvalue weighted by Gasteiger charge is -2.77. The molecule has 12 nitrogen and oxygen atoms in total. The van der Waals surface area contributed by atoms with E-state index in [9.17, 15) is 29.7 Å². The number of fused-ring (bicyclic) bond motifs is 3. The number of cyclic esters (lactones) is 1. The van der Waals surface area contributed by atoms with Crippen molar-refractivity contribution in [3.63, 3.8) is 0 Å². The van der Waals surface area contributed by atoms with Crippen LogP contribution in [0.3, 0.4) is 0 Å². The monoisotopic (exact) mass is 602 g/mol. The number of aliphatic hydroxyl groups is 3. The molecule has 4 saturated carbocycles. The summed E-state index contributed by atoms with van der Waals surface area (Å²) in [5, 5.41) is 37.7. The summed E-state index contributed by atoms with van der Waals surface area (Å²) in [4.78, 5) is 40.3. The third-order valence-corrected chi connectivity index (χ3v) is 13.5. The molecule has 3 saturated heterocycles. The molecule has 7 aliphatic rings. The third-order valence-electron chi connectivity index (χ3n) is 13.5. The maximum Gasteiger partial charge on any atom is 0.317 e. The Balaban J connectivity index is 1.45. The number of esters is 2. The molecular weight excluding hydrogens is 564 g/mol. The van der Waals surface area contributed by atoms with Gasteiger partial charge in [-0.25, -0.2) is 0 Å². The van der Waals surface area contributed by atoms with Gasteiger partial charge in [0.15, 0.2) is 0 Å². The van der Waals surface area contributed by atoms with Crippen LogP contribution in [0.15, 0.2) is 23.0 Å². The molecular formula is C31H38O12. The van der Waals surface area contributed by atoms with E-state index in [-0.39, 0.29) is 19.3 Å². The molecule has 8 rings (SSSR count). The summed E-state index contributed by atoms with van der Waals surface area (Å²) in [5.74, 6) is -6.74. The fourth-order valence-corrected chi connectivity index (χ4v) is 12.3. The molecule has 3 aliphatic heterocycles. The smallest absolute Gasteiger partial charge is 0.317 e. The van der Waals surface area contributed by atoms with E-state index in [1.54, 1.807) is 19.9 Å². The Bertz CT molecular complexity index is 1480. The Kier molecular flexibility index (Phi) is 4.93. The molecule has 4 aliphatic carbocycles. The van der Waals surface area contributed by atoms with E-state index in [1.807, 2.05) is 13.8 Å². The predicted octanol–water partition coefficient (Wildman–Crippen LogP) is 1.54. The number of hydrogen-bond donors (Lipinski definition) is 3. The third kappa shape index (κ3) is 2.44. The first-order chi connectivity index (χ1) is 20.0. The lowest BCUT2D eigenvalue weighted by molar-refractivity contribution is -0.478. The second-order valence-corrected chi connectivity index (χ2v) is 14.9. The van der Waals surface area contributed by atoms with Gasteiger partial charge < -0.3 is 43.4 Å². The number of furan rings is 1. The van der Waals surface area contributed by atoms with E-state index in [2.05, 4.69) is 0 Å². The van der Waals surface area contributed by atoms with Gasteiger partial charge in [0.05, 0.1) is 25.7 Å². The van der Waals surface area contributed by atoms with Crippen molar-refractivity contribution in [2.45, 2.75) is 107 Å². The first kappa shape index (κ1) is 28.1. The molecule has 0 aromatic carbocycles. The summed E-state index contributed by atoms with van der Waals surface area (Å²) in [7, 11) is 1.29. The highest BCUT2D eigenvalue weighted by molar-refractivity contribution is 5.99. The molecule has 4 bridgehead atoms. The molecule has 0 amide bonds. The molecule has 3 N–H and O–H groups in total. The zero-order valence-electron chi connectivity index (χ0n) is 25.0. The number of hydrogen-bond acceptors (Lipinski definition) is 12. The minimum absolute atomic E-state index is 0.116. The number of carbonyl (C=O) groups excluding carboxylic acids is 3. The summed E-state index contributed by atoms with van der Waals surface area (Å²) in [5.41, 5.74) is -10.1. The number of carbonyl (C=O) groups is 3. The lowest BCUT2D eigenvalue weighted by Crippen LogP contribution is -2.93. The van der Waals surface area contributed by atoms with Gasteiger partial charge in [-0.1, -0.05) is 20.8 Å². The zero-order chi connectivity index (χ0) is 31.0. The Morgan fingerprint density at radius 3 is 2.35 bits per heavy atom. The summed E-state index contributed by atoms with van der Waals surface area (Å²) < 4.78 is 36.9. The highest BCUT2D eigenvalue weighted by Gasteiger charge is 3.03. The van der Waals surface area contributed by atoms with E-state index in [0.717, 1.165) is 0 Å². The number of methoxy groups -OCH3 is 1. The standard InChI is InChI=1S/C31H38O12/c1-14(32)18-19-24(2,20(40-21(18)34)15-7-10-39-12-15)8-9-28-26(4)16(11-17(33)38-6)25(3)13-29(26)30(37,22(25)35)23(36)31(19,28)43-27(5,41-28)42-29/h7,10,12,16,18-20,22-23,35-37H,8-9,11,13H2,1-6H3/t16-,18?,19?,20?,22-,23?,24+,25?,26?,27?,28-,29-,30+,31+/m0/s1. The van der Waals surface area contributed by atoms with Gasteiger partial charge in [-0.15, -0.1) is 0 Å². The first-order valence-electron chi connectivity index (χ1n) is 15.0. The average Bonchev–Trinajstić information content (AvgIpc) is 3.63. The van der Waals surface area contributed by atoms with Crippen LogP contribution in [0, 0.1) is 34.0 Å². The van der Waals surface area contributed by atoms with Crippen LogP contribution in [0.25, 0.3) is 0 Å². The van der Waals surface area contributed by atoms with Gasteiger partial charge in [0.25, 0.3) is 5.97 Å². The minimum Gasteiger partial charge on any atom is -0.472 e. The number of aliphatic hydroxyl groups excluding tert-OH is 2. The van der Waals surface area contributed by atoms with E-state index >= 15 is 0 Å². The Labute approximate surface area is 247 Å². The van der Waals surface area contributed by atoms with Crippen LogP contribution in [0.5, 0.6) is 0 Å². The molecule has 1 aromatic rings. The number of ether oxygens (including phenoxy) is 5. The van der Waals surface area contributed by atoms with E-state index in [1.165, 1.54) is 26.6 Å². The van der Waals surface area contributed by atoms with Crippen molar-refractivity contribution in [3.8, 4) is 0 Å². The average molecular weight is 603 g/mol. The van der Waals surface area contributed by atoms with E-state index in [0.29, 0.717) is 12.0 Å². The van der Waals surface area contributed by atoms with Crippen molar-refractivity contribution in [3.05, 3.63) is 24.2 Å². The fraction of sp³-hybridized carbons (Fsp3) is 0.774. The quantitative estimate of drug-likeness (QED) is 0.336. The van der Waals surface area contributed by atoms with Crippen LogP contribution >= 0.6 is 0 Å². The van der Waals surface area contributed by atoms with E-state index < -0.39 is 98.4 Å². The molecule has 12 heteroatoms. The van der Waals surface area contributed by atoms with Gasteiger partial charge in [-0.3, -0.25) is 14.4 Å². The van der Waals surface area contributed by atoms with Crippen LogP contribution in [0.4, 0.5) is 0 Å². The van der Waals surface area contributed by atoms with Crippen molar-refractivity contribution in [1.82, 2.24) is 0 Å². The highest BCUT2D eigenvalue weighted by Crippen LogP contribution is 2.89. The van der Waals surface area contributed by atoms with Gasteiger partial charge in [0, 0.05) is 41.1 Å². The van der Waals surface area contributed by atoms with E-state index in [4.69, 9.17) is 28.1 Å². The SMILES string of the molecule is COC(=O)C[C@H]1C2(C)C[C@]34OC5(C)O[C@]6(C7C(C(C)=O)C(=O)OC(c8ccoc8)[C@]7(C)CC[C@]6(O5)C13C)C(O)[C@]4(O)[C@H]2O. The molecule has 7 unspecified atom stereocenters. The predicted molar refractivity (Wildman–Crippen MR) is 140 cm³/mol. The van der Waals surface area contributed by atoms with Gasteiger partial charge in [0.2, 0.25) is 0 Å². The zero-order valence-corrected chi connectivity index (χ0v) is 25.0. The summed E-state index contributed by atoms with van der Waals surface area (Å²) in [6.07, 6.45) is -0.719. The number of Topliss-reactive ketones (excluding diaryl/α,β-unsaturated/α-hetero) is 1. The molecule has 234 valence electrons. The number of rotatable bonds is 4. The maximum atomic E-state index is 13.9. The highest BCUT2D eigenvalue weighted by atomic mass is 16.9. The topological polar surface area (TPSA) is 171 Å². The maximum absolute atomic E-state index is 13.9. The second-order valence-electron chi connectivity index (χ2n) is 14.9. The molecule has 14 atom stereocenters. The Morgan fingerprint density at radius 1 is 1.02 bits per heavy atom. The molecule has 4 heterocycles. The Morgan fingerprint density at radius 2 is 1.72 bits per heavy atom. The van der Waals surface area contributed by atoms with Gasteiger partial charge in [-0.05, 0) is 38.2 Å². The summed E-state index contributed by atoms with van der Waals surface area (Å²) >= 11 is 0. The van der Waals surface area contributed by atoms with Crippen LogP contribution < -0.4 is 0 Å². The van der Waals surface area contributed by atoms with Crippen molar-refractivity contribution in [2.75, 3.05) is 7.11 Å². The van der Waals surface area contributed by atoms with Gasteiger partial charge in [-0.2, -0.15) is 0 Å². The lowest BCUT2D eigenvalue weighted by atomic mass is 9.32. The van der Waals surface area contributed by atoms with Crippen molar-refractivity contribution in [1.29, 1.82) is 0 Å². The molecule has 2 spiro atoms. The summed E-state index contributed by atoms with van der Waals surface area (Å²) in [6, 6.07) is 1.69. The van der Waals surface area contributed by atoms with Crippen LogP contribution in [-0.2, 0) is 38.1 Å². The fourth-order valence-electron chi connectivity index (χ4n) is 12.3.